The van der Waals surface area contributed by atoms with E-state index in [1.807, 2.05) is 10.6 Å². The Morgan fingerprint density at radius 2 is 1.96 bits per heavy atom. The molecule has 23 heavy (non-hydrogen) atoms. The van der Waals surface area contributed by atoms with E-state index in [0.29, 0.717) is 23.9 Å². The van der Waals surface area contributed by atoms with Gasteiger partial charge in [-0.1, -0.05) is 32.9 Å². The molecule has 1 aliphatic rings. The molecular weight excluding hydrogens is 284 g/mol. The van der Waals surface area contributed by atoms with Crippen molar-refractivity contribution in [3.05, 3.63) is 63.1 Å². The molecule has 1 aromatic heterocycles. The van der Waals surface area contributed by atoms with Crippen LogP contribution in [0.2, 0.25) is 0 Å². The summed E-state index contributed by atoms with van der Waals surface area (Å²) >= 11 is 0. The molecule has 2 aromatic rings. The van der Waals surface area contributed by atoms with Crippen LogP contribution in [0.5, 0.6) is 0 Å². The summed E-state index contributed by atoms with van der Waals surface area (Å²) in [7, 11) is 0. The number of hydrogen-bond donors (Lipinski definition) is 1. The molecule has 2 N–H and O–H groups in total. The number of hydrogen-bond acceptors (Lipinski definition) is 2. The second kappa shape index (κ2) is 6.32. The molecule has 0 aliphatic heterocycles. The summed E-state index contributed by atoms with van der Waals surface area (Å²) in [5.41, 5.74) is 11.3. The molecular formula is C20H26N2O. The molecule has 122 valence electrons. The minimum Gasteiger partial charge on any atom is -0.326 e. The van der Waals surface area contributed by atoms with Crippen molar-refractivity contribution in [1.82, 2.24) is 4.57 Å². The van der Waals surface area contributed by atoms with Crippen LogP contribution in [0.25, 0.3) is 5.69 Å². The summed E-state index contributed by atoms with van der Waals surface area (Å²) in [6.45, 7) is 6.93. The lowest BCUT2D eigenvalue weighted by molar-refractivity contribution is 0.485. The molecule has 3 heteroatoms. The van der Waals surface area contributed by atoms with E-state index in [1.54, 1.807) is 0 Å². The third-order valence-corrected chi connectivity index (χ3v) is 4.95. The van der Waals surface area contributed by atoms with E-state index in [2.05, 4.69) is 45.0 Å². The molecule has 1 unspecified atom stereocenters. The predicted octanol–water partition coefficient (Wildman–Crippen LogP) is 3.54. The van der Waals surface area contributed by atoms with Gasteiger partial charge in [0.05, 0.1) is 0 Å². The Bertz CT molecular complexity index is 756. The number of pyridine rings is 1. The maximum Gasteiger partial charge on any atom is 0.259 e. The molecule has 1 atom stereocenters. The molecule has 0 fully saturated rings. The van der Waals surface area contributed by atoms with E-state index in [-0.39, 0.29) is 5.56 Å². The predicted molar refractivity (Wildman–Crippen MR) is 95.2 cm³/mol. The summed E-state index contributed by atoms with van der Waals surface area (Å²) < 4.78 is 1.90. The topological polar surface area (TPSA) is 48.0 Å². The van der Waals surface area contributed by atoms with Crippen molar-refractivity contribution in [2.24, 2.45) is 11.7 Å². The van der Waals surface area contributed by atoms with Gasteiger partial charge in [-0.05, 0) is 60.4 Å². The molecule has 0 radical (unpaired) electrons. The SMILES string of the molecule is CC1CCc2c(cc(CN)c(=O)n2-c2ccc(C(C)C)cc2)C1. The Kier molecular flexibility index (Phi) is 4.40. The van der Waals surface area contributed by atoms with Crippen LogP contribution in [-0.2, 0) is 19.4 Å². The first-order valence-corrected chi connectivity index (χ1v) is 8.58. The third-order valence-electron chi connectivity index (χ3n) is 4.95. The number of nitrogens with two attached hydrogens (primary N) is 1. The van der Waals surface area contributed by atoms with Crippen LogP contribution in [-0.4, -0.2) is 4.57 Å². The van der Waals surface area contributed by atoms with Crippen molar-refractivity contribution >= 4 is 0 Å². The highest BCUT2D eigenvalue weighted by atomic mass is 16.1. The average molecular weight is 310 g/mol. The standard InChI is InChI=1S/C20H26N2O/c1-13(2)15-5-7-18(8-6-15)22-19-9-4-14(3)10-16(19)11-17(12-21)20(22)23/h5-8,11,13-14H,4,9-10,12,21H2,1-3H3. The summed E-state index contributed by atoms with van der Waals surface area (Å²) in [4.78, 5) is 12.9. The summed E-state index contributed by atoms with van der Waals surface area (Å²) in [6, 6.07) is 10.4. The molecule has 0 bridgehead atoms. The Hall–Kier alpha value is -1.87. The molecule has 3 nitrogen and oxygen atoms in total. The second-order valence-electron chi connectivity index (χ2n) is 7.08. The molecule has 3 rings (SSSR count). The summed E-state index contributed by atoms with van der Waals surface area (Å²) in [6.07, 6.45) is 3.13. The minimum atomic E-state index is 0.0399. The molecule has 0 spiro atoms. The number of nitrogens with zero attached hydrogens (tertiary/aromatic N) is 1. The molecule has 1 aliphatic carbocycles. The van der Waals surface area contributed by atoms with Gasteiger partial charge in [-0.2, -0.15) is 0 Å². The Morgan fingerprint density at radius 1 is 1.26 bits per heavy atom. The van der Waals surface area contributed by atoms with Crippen LogP contribution in [0.4, 0.5) is 0 Å². The fraction of sp³-hybridized carbons (Fsp3) is 0.450. The van der Waals surface area contributed by atoms with E-state index in [1.165, 1.54) is 16.8 Å². The second-order valence-corrected chi connectivity index (χ2v) is 7.08. The molecule has 0 amide bonds. The zero-order valence-electron chi connectivity index (χ0n) is 14.3. The van der Waals surface area contributed by atoms with Crippen molar-refractivity contribution in [2.75, 3.05) is 0 Å². The average Bonchev–Trinajstić information content (AvgIpc) is 2.54. The number of rotatable bonds is 3. The van der Waals surface area contributed by atoms with Crippen molar-refractivity contribution in [1.29, 1.82) is 0 Å². The van der Waals surface area contributed by atoms with Gasteiger partial charge >= 0.3 is 0 Å². The normalized spacial score (nSPS) is 17.3. The van der Waals surface area contributed by atoms with Crippen molar-refractivity contribution in [3.63, 3.8) is 0 Å². The van der Waals surface area contributed by atoms with Crippen LogP contribution in [0.3, 0.4) is 0 Å². The van der Waals surface area contributed by atoms with E-state index in [9.17, 15) is 4.79 Å². The fourth-order valence-electron chi connectivity index (χ4n) is 3.50. The number of aromatic nitrogens is 1. The van der Waals surface area contributed by atoms with E-state index >= 15 is 0 Å². The zero-order valence-corrected chi connectivity index (χ0v) is 14.3. The maximum atomic E-state index is 12.9. The monoisotopic (exact) mass is 310 g/mol. The van der Waals surface area contributed by atoms with Gasteiger partial charge in [0, 0.05) is 23.5 Å². The van der Waals surface area contributed by atoms with Gasteiger partial charge in [0.1, 0.15) is 0 Å². The van der Waals surface area contributed by atoms with Crippen LogP contribution in [0.15, 0.2) is 35.1 Å². The van der Waals surface area contributed by atoms with Crippen molar-refractivity contribution in [3.8, 4) is 5.69 Å². The largest absolute Gasteiger partial charge is 0.326 e. The van der Waals surface area contributed by atoms with Gasteiger partial charge in [0.25, 0.3) is 5.56 Å². The highest BCUT2D eigenvalue weighted by molar-refractivity contribution is 5.42. The van der Waals surface area contributed by atoms with Crippen LogP contribution >= 0.6 is 0 Å². The Morgan fingerprint density at radius 3 is 2.57 bits per heavy atom. The van der Waals surface area contributed by atoms with Crippen LogP contribution < -0.4 is 11.3 Å². The lowest BCUT2D eigenvalue weighted by atomic mass is 9.87. The lowest BCUT2D eigenvalue weighted by Gasteiger charge is -2.26. The van der Waals surface area contributed by atoms with Crippen LogP contribution in [0, 0.1) is 5.92 Å². The van der Waals surface area contributed by atoms with Gasteiger partial charge in [-0.15, -0.1) is 0 Å². The van der Waals surface area contributed by atoms with Crippen LogP contribution in [0.1, 0.15) is 55.5 Å². The highest BCUT2D eigenvalue weighted by Gasteiger charge is 2.21. The van der Waals surface area contributed by atoms with E-state index < -0.39 is 0 Å². The molecule has 1 heterocycles. The first-order chi connectivity index (χ1) is 11.0. The number of fused-ring (bicyclic) bond motifs is 1. The first-order valence-electron chi connectivity index (χ1n) is 8.58. The summed E-state index contributed by atoms with van der Waals surface area (Å²) in [5, 5.41) is 0. The smallest absolute Gasteiger partial charge is 0.259 e. The van der Waals surface area contributed by atoms with Crippen molar-refractivity contribution < 1.29 is 0 Å². The van der Waals surface area contributed by atoms with Gasteiger partial charge in [0.15, 0.2) is 0 Å². The van der Waals surface area contributed by atoms with Crippen molar-refractivity contribution in [2.45, 2.75) is 52.5 Å². The maximum absolute atomic E-state index is 12.9. The quantitative estimate of drug-likeness (QED) is 0.942. The van der Waals surface area contributed by atoms with Gasteiger partial charge in [-0.3, -0.25) is 9.36 Å². The highest BCUT2D eigenvalue weighted by Crippen LogP contribution is 2.27. The fourth-order valence-corrected chi connectivity index (χ4v) is 3.50. The summed E-state index contributed by atoms with van der Waals surface area (Å²) in [5.74, 6) is 1.16. The molecule has 0 saturated carbocycles. The third kappa shape index (κ3) is 2.98. The van der Waals surface area contributed by atoms with Gasteiger partial charge < -0.3 is 5.73 Å². The number of benzene rings is 1. The van der Waals surface area contributed by atoms with Gasteiger partial charge in [0.2, 0.25) is 0 Å². The van der Waals surface area contributed by atoms with Gasteiger partial charge in [-0.25, -0.2) is 0 Å². The van der Waals surface area contributed by atoms with E-state index in [0.717, 1.165) is 24.9 Å². The first kappa shape index (κ1) is 16.0. The van der Waals surface area contributed by atoms with E-state index in [4.69, 9.17) is 5.73 Å². The zero-order chi connectivity index (χ0) is 16.6. The minimum absolute atomic E-state index is 0.0399. The molecule has 1 aromatic carbocycles. The molecule has 0 saturated heterocycles. The Balaban J connectivity index is 2.17. The lowest BCUT2D eigenvalue weighted by Crippen LogP contribution is -2.30. The Labute approximate surface area is 138 Å².